The molecule has 0 saturated heterocycles. The molecule has 1 atom stereocenters. The summed E-state index contributed by atoms with van der Waals surface area (Å²) < 4.78 is 0. The predicted octanol–water partition coefficient (Wildman–Crippen LogP) is 1.27. The summed E-state index contributed by atoms with van der Waals surface area (Å²) in [5.74, 6) is -1.97. The largest absolute Gasteiger partial charge is 0.480 e. The first-order valence-electron chi connectivity index (χ1n) is 4.33. The molecule has 1 aromatic rings. The highest BCUT2D eigenvalue weighted by molar-refractivity contribution is 5.88. The van der Waals surface area contributed by atoms with Crippen molar-refractivity contribution >= 4 is 17.6 Å². The van der Waals surface area contributed by atoms with Crippen LogP contribution < -0.4 is 5.32 Å². The SMILES string of the molecule is C[C@H](Nc1ccc(C(=O)O)cc1)C(=O)O. The Morgan fingerprint density at radius 3 is 2.13 bits per heavy atom. The van der Waals surface area contributed by atoms with Gasteiger partial charge in [0.15, 0.2) is 0 Å². The number of aromatic carboxylic acids is 1. The van der Waals surface area contributed by atoms with Gasteiger partial charge in [0.25, 0.3) is 0 Å². The Morgan fingerprint density at radius 2 is 1.73 bits per heavy atom. The Balaban J connectivity index is 2.72. The molecule has 0 unspecified atom stereocenters. The number of aliphatic carboxylic acids is 1. The van der Waals surface area contributed by atoms with Gasteiger partial charge in [-0.1, -0.05) is 0 Å². The molecule has 5 nitrogen and oxygen atoms in total. The summed E-state index contributed by atoms with van der Waals surface area (Å²) in [6, 6.07) is 5.19. The molecular formula is C10H11NO4. The van der Waals surface area contributed by atoms with Gasteiger partial charge in [-0.2, -0.15) is 0 Å². The zero-order valence-electron chi connectivity index (χ0n) is 8.10. The van der Waals surface area contributed by atoms with Gasteiger partial charge in [0.1, 0.15) is 6.04 Å². The van der Waals surface area contributed by atoms with Crippen molar-refractivity contribution in [2.45, 2.75) is 13.0 Å². The van der Waals surface area contributed by atoms with Crippen molar-refractivity contribution in [3.05, 3.63) is 29.8 Å². The number of nitrogens with one attached hydrogen (secondary N) is 1. The molecule has 0 aliphatic carbocycles. The average Bonchev–Trinajstić information content (AvgIpc) is 2.18. The molecule has 0 heterocycles. The second-order valence-corrected chi connectivity index (χ2v) is 3.09. The molecule has 80 valence electrons. The number of hydrogen-bond acceptors (Lipinski definition) is 3. The summed E-state index contributed by atoms with van der Waals surface area (Å²) >= 11 is 0. The van der Waals surface area contributed by atoms with E-state index in [1.54, 1.807) is 0 Å². The standard InChI is InChI=1S/C10H11NO4/c1-6(9(12)13)11-8-4-2-7(3-5-8)10(14)15/h2-6,11H,1H3,(H,12,13)(H,14,15)/t6-/m0/s1. The number of rotatable bonds is 4. The van der Waals surface area contributed by atoms with Crippen LogP contribution in [0.4, 0.5) is 5.69 Å². The quantitative estimate of drug-likeness (QED) is 0.695. The Morgan fingerprint density at radius 1 is 1.20 bits per heavy atom. The van der Waals surface area contributed by atoms with Gasteiger partial charge in [0.05, 0.1) is 5.56 Å². The fourth-order valence-corrected chi connectivity index (χ4v) is 1.02. The number of carboxylic acid groups (broad SMARTS) is 2. The molecule has 0 radical (unpaired) electrons. The van der Waals surface area contributed by atoms with E-state index in [-0.39, 0.29) is 5.56 Å². The van der Waals surface area contributed by atoms with Crippen molar-refractivity contribution in [2.75, 3.05) is 5.32 Å². The maximum atomic E-state index is 10.5. The molecule has 3 N–H and O–H groups in total. The van der Waals surface area contributed by atoms with E-state index in [0.717, 1.165) is 0 Å². The summed E-state index contributed by atoms with van der Waals surface area (Å²) in [4.78, 5) is 21.1. The van der Waals surface area contributed by atoms with Crippen molar-refractivity contribution in [2.24, 2.45) is 0 Å². The number of hydrogen-bond donors (Lipinski definition) is 3. The van der Waals surface area contributed by atoms with E-state index in [4.69, 9.17) is 10.2 Å². The highest BCUT2D eigenvalue weighted by Crippen LogP contribution is 2.10. The topological polar surface area (TPSA) is 86.6 Å². The first-order chi connectivity index (χ1) is 7.00. The lowest BCUT2D eigenvalue weighted by molar-refractivity contribution is -0.137. The van der Waals surface area contributed by atoms with Crippen molar-refractivity contribution in [1.82, 2.24) is 0 Å². The lowest BCUT2D eigenvalue weighted by Gasteiger charge is -2.10. The van der Waals surface area contributed by atoms with Crippen molar-refractivity contribution < 1.29 is 19.8 Å². The lowest BCUT2D eigenvalue weighted by Crippen LogP contribution is -2.25. The summed E-state index contributed by atoms with van der Waals surface area (Å²) in [6.45, 7) is 1.51. The molecule has 0 fully saturated rings. The van der Waals surface area contributed by atoms with E-state index < -0.39 is 18.0 Å². The third-order valence-corrected chi connectivity index (χ3v) is 1.89. The number of carboxylic acids is 2. The third kappa shape index (κ3) is 2.98. The molecule has 0 aliphatic heterocycles. The van der Waals surface area contributed by atoms with E-state index in [1.807, 2.05) is 0 Å². The summed E-state index contributed by atoms with van der Waals surface area (Å²) in [7, 11) is 0. The zero-order chi connectivity index (χ0) is 11.4. The minimum atomic E-state index is -1.01. The number of anilines is 1. The molecule has 5 heteroatoms. The highest BCUT2D eigenvalue weighted by atomic mass is 16.4. The molecule has 15 heavy (non-hydrogen) atoms. The van der Waals surface area contributed by atoms with Gasteiger partial charge in [0.2, 0.25) is 0 Å². The van der Waals surface area contributed by atoms with E-state index in [2.05, 4.69) is 5.32 Å². The Kier molecular flexibility index (Phi) is 3.28. The molecule has 0 amide bonds. The van der Waals surface area contributed by atoms with Gasteiger partial charge < -0.3 is 15.5 Å². The smallest absolute Gasteiger partial charge is 0.335 e. The van der Waals surface area contributed by atoms with E-state index >= 15 is 0 Å². The molecule has 0 aromatic heterocycles. The van der Waals surface area contributed by atoms with Crippen LogP contribution in [0, 0.1) is 0 Å². The maximum absolute atomic E-state index is 10.5. The van der Waals surface area contributed by atoms with Crippen LogP contribution in [0.2, 0.25) is 0 Å². The molecule has 1 rings (SSSR count). The van der Waals surface area contributed by atoms with Crippen molar-refractivity contribution in [3.63, 3.8) is 0 Å². The normalized spacial score (nSPS) is 11.8. The van der Waals surface area contributed by atoms with Crippen LogP contribution in [0.5, 0.6) is 0 Å². The first kappa shape index (κ1) is 11.0. The van der Waals surface area contributed by atoms with Crippen LogP contribution in [-0.4, -0.2) is 28.2 Å². The van der Waals surface area contributed by atoms with Crippen molar-refractivity contribution in [3.8, 4) is 0 Å². The lowest BCUT2D eigenvalue weighted by atomic mass is 10.2. The monoisotopic (exact) mass is 209 g/mol. The molecular weight excluding hydrogens is 198 g/mol. The molecule has 0 bridgehead atoms. The predicted molar refractivity (Wildman–Crippen MR) is 54.1 cm³/mol. The highest BCUT2D eigenvalue weighted by Gasteiger charge is 2.10. The fourth-order valence-electron chi connectivity index (χ4n) is 1.02. The van der Waals surface area contributed by atoms with Crippen LogP contribution >= 0.6 is 0 Å². The van der Waals surface area contributed by atoms with E-state index in [0.29, 0.717) is 5.69 Å². The minimum Gasteiger partial charge on any atom is -0.480 e. The first-order valence-corrected chi connectivity index (χ1v) is 4.33. The van der Waals surface area contributed by atoms with Crippen LogP contribution in [0.1, 0.15) is 17.3 Å². The Labute approximate surface area is 86.4 Å². The molecule has 0 saturated carbocycles. The average molecular weight is 209 g/mol. The van der Waals surface area contributed by atoms with Crippen molar-refractivity contribution in [1.29, 1.82) is 0 Å². The Bertz CT molecular complexity index is 372. The number of carbonyl (C=O) groups is 2. The third-order valence-electron chi connectivity index (χ3n) is 1.89. The van der Waals surface area contributed by atoms with Crippen LogP contribution in [-0.2, 0) is 4.79 Å². The van der Waals surface area contributed by atoms with Gasteiger partial charge in [-0.05, 0) is 31.2 Å². The van der Waals surface area contributed by atoms with E-state index in [9.17, 15) is 9.59 Å². The Hall–Kier alpha value is -2.04. The van der Waals surface area contributed by atoms with Crippen LogP contribution in [0.15, 0.2) is 24.3 Å². The maximum Gasteiger partial charge on any atom is 0.335 e. The van der Waals surface area contributed by atoms with E-state index in [1.165, 1.54) is 31.2 Å². The van der Waals surface area contributed by atoms with Gasteiger partial charge in [-0.3, -0.25) is 4.79 Å². The molecule has 0 aliphatic rings. The zero-order valence-corrected chi connectivity index (χ0v) is 8.10. The number of benzene rings is 1. The van der Waals surface area contributed by atoms with Crippen LogP contribution in [0.25, 0.3) is 0 Å². The van der Waals surface area contributed by atoms with Gasteiger partial charge in [-0.25, -0.2) is 4.79 Å². The summed E-state index contributed by atoms with van der Waals surface area (Å²) in [6.07, 6.45) is 0. The summed E-state index contributed by atoms with van der Waals surface area (Å²) in [5.41, 5.74) is 0.749. The van der Waals surface area contributed by atoms with Crippen LogP contribution in [0.3, 0.4) is 0 Å². The molecule has 0 spiro atoms. The van der Waals surface area contributed by atoms with Gasteiger partial charge >= 0.3 is 11.9 Å². The van der Waals surface area contributed by atoms with Gasteiger partial charge in [0, 0.05) is 5.69 Å². The fraction of sp³-hybridized carbons (Fsp3) is 0.200. The van der Waals surface area contributed by atoms with Gasteiger partial charge in [-0.15, -0.1) is 0 Å². The second kappa shape index (κ2) is 4.45. The second-order valence-electron chi connectivity index (χ2n) is 3.09. The minimum absolute atomic E-state index is 0.170. The molecule has 1 aromatic carbocycles. The summed E-state index contributed by atoms with van der Waals surface area (Å²) in [5, 5.41) is 20.0.